The van der Waals surface area contributed by atoms with Crippen LogP contribution in [0.15, 0.2) is 18.2 Å². The third-order valence-corrected chi connectivity index (χ3v) is 4.02. The number of aryl methyl sites for hydroxylation is 1. The molecule has 0 amide bonds. The lowest BCUT2D eigenvalue weighted by atomic mass is 9.87. The van der Waals surface area contributed by atoms with E-state index < -0.39 is 0 Å². The molecule has 104 valence electrons. The third-order valence-electron chi connectivity index (χ3n) is 4.02. The standard InChI is InChI=1S/C15H22N2O2/c1-12-7-8-14(17(18)19)11-15(12)16-10-9-13-5-3-2-4-6-13/h7-8,11,13,16H,2-6,9-10H2,1H3. The number of nitro groups is 1. The molecule has 4 nitrogen and oxygen atoms in total. The predicted molar refractivity (Wildman–Crippen MR) is 77.5 cm³/mol. The molecular formula is C15H22N2O2. The Morgan fingerprint density at radius 2 is 2.05 bits per heavy atom. The quantitative estimate of drug-likeness (QED) is 0.636. The predicted octanol–water partition coefficient (Wildman–Crippen LogP) is 4.29. The molecule has 0 bridgehead atoms. The normalized spacial score (nSPS) is 16.3. The number of anilines is 1. The minimum Gasteiger partial charge on any atom is -0.385 e. The summed E-state index contributed by atoms with van der Waals surface area (Å²) in [6, 6.07) is 5.00. The third kappa shape index (κ3) is 3.94. The molecule has 1 saturated carbocycles. The van der Waals surface area contributed by atoms with Crippen LogP contribution < -0.4 is 5.32 Å². The van der Waals surface area contributed by atoms with E-state index in [9.17, 15) is 10.1 Å². The lowest BCUT2D eigenvalue weighted by Crippen LogP contribution is -2.12. The minimum atomic E-state index is -0.342. The topological polar surface area (TPSA) is 55.2 Å². The van der Waals surface area contributed by atoms with Crippen molar-refractivity contribution >= 4 is 11.4 Å². The molecule has 2 rings (SSSR count). The Morgan fingerprint density at radius 1 is 1.32 bits per heavy atom. The zero-order valence-corrected chi connectivity index (χ0v) is 11.5. The van der Waals surface area contributed by atoms with Crippen molar-refractivity contribution in [2.45, 2.75) is 45.4 Å². The van der Waals surface area contributed by atoms with Crippen molar-refractivity contribution < 1.29 is 4.92 Å². The van der Waals surface area contributed by atoms with Crippen molar-refractivity contribution in [3.8, 4) is 0 Å². The molecular weight excluding hydrogens is 240 g/mol. The summed E-state index contributed by atoms with van der Waals surface area (Å²) in [5.74, 6) is 0.834. The van der Waals surface area contributed by atoms with Gasteiger partial charge in [-0.05, 0) is 24.8 Å². The molecule has 1 aromatic carbocycles. The average molecular weight is 262 g/mol. The second-order valence-corrected chi connectivity index (χ2v) is 5.48. The fourth-order valence-corrected chi connectivity index (χ4v) is 2.80. The molecule has 0 saturated heterocycles. The zero-order chi connectivity index (χ0) is 13.7. The Labute approximate surface area is 114 Å². The van der Waals surface area contributed by atoms with Crippen LogP contribution in [0.2, 0.25) is 0 Å². The minimum absolute atomic E-state index is 0.158. The van der Waals surface area contributed by atoms with Crippen molar-refractivity contribution in [3.63, 3.8) is 0 Å². The molecule has 1 N–H and O–H groups in total. The van der Waals surface area contributed by atoms with Gasteiger partial charge < -0.3 is 5.32 Å². The van der Waals surface area contributed by atoms with Gasteiger partial charge in [-0.15, -0.1) is 0 Å². The number of hydrogen-bond donors (Lipinski definition) is 1. The van der Waals surface area contributed by atoms with E-state index in [0.717, 1.165) is 23.7 Å². The van der Waals surface area contributed by atoms with Crippen molar-refractivity contribution in [2.24, 2.45) is 5.92 Å². The van der Waals surface area contributed by atoms with E-state index in [1.54, 1.807) is 18.2 Å². The van der Waals surface area contributed by atoms with E-state index in [0.29, 0.717) is 0 Å². The van der Waals surface area contributed by atoms with Crippen LogP contribution in [-0.2, 0) is 0 Å². The van der Waals surface area contributed by atoms with Gasteiger partial charge in [0.15, 0.2) is 0 Å². The van der Waals surface area contributed by atoms with Gasteiger partial charge in [0, 0.05) is 24.4 Å². The van der Waals surface area contributed by atoms with Crippen LogP contribution in [0.1, 0.15) is 44.1 Å². The molecule has 0 atom stereocenters. The number of benzene rings is 1. The zero-order valence-electron chi connectivity index (χ0n) is 11.5. The van der Waals surface area contributed by atoms with E-state index in [4.69, 9.17) is 0 Å². The highest BCUT2D eigenvalue weighted by Gasteiger charge is 2.13. The summed E-state index contributed by atoms with van der Waals surface area (Å²) < 4.78 is 0. The fraction of sp³-hybridized carbons (Fsp3) is 0.600. The van der Waals surface area contributed by atoms with Gasteiger partial charge in [0.1, 0.15) is 0 Å². The van der Waals surface area contributed by atoms with Gasteiger partial charge >= 0.3 is 0 Å². The molecule has 4 heteroatoms. The molecule has 1 aromatic rings. The van der Waals surface area contributed by atoms with Gasteiger partial charge in [-0.1, -0.05) is 38.2 Å². The molecule has 19 heavy (non-hydrogen) atoms. The molecule has 0 heterocycles. The number of nitrogens with one attached hydrogen (secondary N) is 1. The Morgan fingerprint density at radius 3 is 2.74 bits per heavy atom. The lowest BCUT2D eigenvalue weighted by molar-refractivity contribution is -0.384. The maximum atomic E-state index is 10.8. The Balaban J connectivity index is 1.87. The van der Waals surface area contributed by atoms with E-state index in [1.807, 2.05) is 6.92 Å². The summed E-state index contributed by atoms with van der Waals surface area (Å²) in [5.41, 5.74) is 2.12. The first kappa shape index (κ1) is 13.8. The first-order valence-electron chi connectivity index (χ1n) is 7.16. The summed E-state index contributed by atoms with van der Waals surface area (Å²) >= 11 is 0. The van der Waals surface area contributed by atoms with Crippen LogP contribution in [-0.4, -0.2) is 11.5 Å². The number of nitrogens with zero attached hydrogens (tertiary/aromatic N) is 1. The molecule has 0 aromatic heterocycles. The van der Waals surface area contributed by atoms with Gasteiger partial charge in [-0.3, -0.25) is 10.1 Å². The van der Waals surface area contributed by atoms with Gasteiger partial charge in [0.25, 0.3) is 5.69 Å². The molecule has 0 radical (unpaired) electrons. The largest absolute Gasteiger partial charge is 0.385 e. The van der Waals surface area contributed by atoms with Crippen molar-refractivity contribution in [3.05, 3.63) is 33.9 Å². The number of non-ortho nitro benzene ring substituents is 1. The van der Waals surface area contributed by atoms with E-state index in [1.165, 1.54) is 38.5 Å². The lowest BCUT2D eigenvalue weighted by Gasteiger charge is -2.21. The van der Waals surface area contributed by atoms with Crippen LogP contribution in [0.4, 0.5) is 11.4 Å². The van der Waals surface area contributed by atoms with Gasteiger partial charge in [0.2, 0.25) is 0 Å². The molecule has 1 fully saturated rings. The summed E-state index contributed by atoms with van der Waals surface area (Å²) in [4.78, 5) is 10.4. The number of rotatable bonds is 5. The van der Waals surface area contributed by atoms with Crippen LogP contribution in [0.3, 0.4) is 0 Å². The molecule has 0 unspecified atom stereocenters. The van der Waals surface area contributed by atoms with Crippen molar-refractivity contribution in [1.29, 1.82) is 0 Å². The Kier molecular flexibility index (Phi) is 4.77. The summed E-state index contributed by atoms with van der Waals surface area (Å²) in [6.07, 6.45) is 7.96. The maximum absolute atomic E-state index is 10.8. The van der Waals surface area contributed by atoms with Crippen LogP contribution in [0, 0.1) is 23.0 Å². The first-order valence-corrected chi connectivity index (χ1v) is 7.16. The Bertz CT molecular complexity index is 440. The van der Waals surface area contributed by atoms with E-state index in [2.05, 4.69) is 5.32 Å². The summed E-state index contributed by atoms with van der Waals surface area (Å²) in [5, 5.41) is 14.1. The van der Waals surface area contributed by atoms with Crippen LogP contribution >= 0.6 is 0 Å². The van der Waals surface area contributed by atoms with Crippen molar-refractivity contribution in [1.82, 2.24) is 0 Å². The van der Waals surface area contributed by atoms with E-state index >= 15 is 0 Å². The number of nitro benzene ring substituents is 1. The summed E-state index contributed by atoms with van der Waals surface area (Å²) in [7, 11) is 0. The first-order chi connectivity index (χ1) is 9.16. The highest BCUT2D eigenvalue weighted by molar-refractivity contribution is 5.56. The Hall–Kier alpha value is -1.58. The SMILES string of the molecule is Cc1ccc([N+](=O)[O-])cc1NCCC1CCCCC1. The molecule has 1 aliphatic rings. The second kappa shape index (κ2) is 6.55. The number of hydrogen-bond acceptors (Lipinski definition) is 3. The average Bonchev–Trinajstić information content (AvgIpc) is 2.42. The van der Waals surface area contributed by atoms with Gasteiger partial charge in [-0.25, -0.2) is 0 Å². The molecule has 1 aliphatic carbocycles. The summed E-state index contributed by atoms with van der Waals surface area (Å²) in [6.45, 7) is 2.89. The van der Waals surface area contributed by atoms with Gasteiger partial charge in [-0.2, -0.15) is 0 Å². The smallest absolute Gasteiger partial charge is 0.271 e. The van der Waals surface area contributed by atoms with Crippen LogP contribution in [0.5, 0.6) is 0 Å². The molecule has 0 aliphatic heterocycles. The highest BCUT2D eigenvalue weighted by Crippen LogP contribution is 2.27. The van der Waals surface area contributed by atoms with E-state index in [-0.39, 0.29) is 10.6 Å². The highest BCUT2D eigenvalue weighted by atomic mass is 16.6. The maximum Gasteiger partial charge on any atom is 0.271 e. The molecule has 0 spiro atoms. The van der Waals surface area contributed by atoms with Gasteiger partial charge in [0.05, 0.1) is 4.92 Å². The second-order valence-electron chi connectivity index (χ2n) is 5.48. The fourth-order valence-electron chi connectivity index (χ4n) is 2.80. The van der Waals surface area contributed by atoms with Crippen molar-refractivity contribution in [2.75, 3.05) is 11.9 Å². The monoisotopic (exact) mass is 262 g/mol. The van der Waals surface area contributed by atoms with Crippen LogP contribution in [0.25, 0.3) is 0 Å².